The van der Waals surface area contributed by atoms with E-state index in [0.29, 0.717) is 29.6 Å². The monoisotopic (exact) mass is 466 g/mol. The summed E-state index contributed by atoms with van der Waals surface area (Å²) in [5.41, 5.74) is 1.74. The van der Waals surface area contributed by atoms with Crippen LogP contribution in [0.5, 0.6) is 0 Å². The van der Waals surface area contributed by atoms with Crippen molar-refractivity contribution in [3.05, 3.63) is 23.8 Å². The molecule has 6 bridgehead atoms. The molecule has 4 aliphatic heterocycles. The van der Waals surface area contributed by atoms with Gasteiger partial charge in [-0.05, 0) is 88.6 Å². The van der Waals surface area contributed by atoms with Crippen LogP contribution in [0.4, 0.5) is 0 Å². The summed E-state index contributed by atoms with van der Waals surface area (Å²) < 4.78 is 0. The van der Waals surface area contributed by atoms with Gasteiger partial charge in [-0.1, -0.05) is 62.3 Å². The fraction of sp³-hybridized carbons (Fsp3) is 0.839. The summed E-state index contributed by atoms with van der Waals surface area (Å²) in [6.45, 7) is 6.01. The Morgan fingerprint density at radius 2 is 1.50 bits per heavy atom. The SMILES string of the molecule is O=C1CCN2CC[C@@H]3C4C=C5CCCCCCC[C@H]1[C@@H]2[C@@H]3CCCCC/C=C\CCCN(C5)C4. The largest absolute Gasteiger partial charge is 0.299 e. The average Bonchev–Trinajstić information content (AvgIpc) is 2.85. The molecule has 1 aliphatic carbocycles. The Bertz CT molecular complexity index is 727. The van der Waals surface area contributed by atoms with Gasteiger partial charge in [0, 0.05) is 38.0 Å². The highest BCUT2D eigenvalue weighted by atomic mass is 16.1. The summed E-state index contributed by atoms with van der Waals surface area (Å²) in [5, 5.41) is 0. The van der Waals surface area contributed by atoms with E-state index in [9.17, 15) is 4.79 Å². The van der Waals surface area contributed by atoms with Gasteiger partial charge in [0.05, 0.1) is 0 Å². The average molecular weight is 467 g/mol. The molecule has 6 atom stereocenters. The Kier molecular flexibility index (Phi) is 8.99. The van der Waals surface area contributed by atoms with Crippen molar-refractivity contribution in [2.24, 2.45) is 23.7 Å². The van der Waals surface area contributed by atoms with Crippen molar-refractivity contribution in [1.29, 1.82) is 0 Å². The zero-order valence-electron chi connectivity index (χ0n) is 21.8. The van der Waals surface area contributed by atoms with Gasteiger partial charge in [0.15, 0.2) is 0 Å². The molecule has 2 fully saturated rings. The van der Waals surface area contributed by atoms with Gasteiger partial charge < -0.3 is 0 Å². The summed E-state index contributed by atoms with van der Waals surface area (Å²) in [6, 6.07) is 0.533. The molecule has 0 spiro atoms. The minimum absolute atomic E-state index is 0.317. The lowest BCUT2D eigenvalue weighted by Gasteiger charge is -2.53. The zero-order valence-corrected chi connectivity index (χ0v) is 21.8. The lowest BCUT2D eigenvalue weighted by Crippen LogP contribution is -2.59. The molecule has 0 amide bonds. The van der Waals surface area contributed by atoms with Crippen molar-refractivity contribution in [2.75, 3.05) is 32.7 Å². The van der Waals surface area contributed by atoms with E-state index in [2.05, 4.69) is 28.0 Å². The van der Waals surface area contributed by atoms with Gasteiger partial charge in [-0.3, -0.25) is 14.6 Å². The molecular weight excluding hydrogens is 416 g/mol. The normalized spacial score (nSPS) is 40.0. The highest BCUT2D eigenvalue weighted by molar-refractivity contribution is 5.82. The predicted octanol–water partition coefficient (Wildman–Crippen LogP) is 6.79. The van der Waals surface area contributed by atoms with Crippen LogP contribution >= 0.6 is 0 Å². The van der Waals surface area contributed by atoms with Crippen LogP contribution in [0.25, 0.3) is 0 Å². The second-order valence-corrected chi connectivity index (χ2v) is 12.2. The van der Waals surface area contributed by atoms with Gasteiger partial charge in [0.1, 0.15) is 5.78 Å². The van der Waals surface area contributed by atoms with Crippen molar-refractivity contribution < 1.29 is 4.79 Å². The van der Waals surface area contributed by atoms with Crippen molar-refractivity contribution in [2.45, 2.75) is 109 Å². The third-order valence-corrected chi connectivity index (χ3v) is 9.96. The van der Waals surface area contributed by atoms with E-state index in [-0.39, 0.29) is 0 Å². The number of hydrogen-bond donors (Lipinski definition) is 0. The molecule has 3 nitrogen and oxygen atoms in total. The number of fused-ring (bicyclic) bond motifs is 1. The number of ketones is 1. The number of rotatable bonds is 0. The Labute approximate surface area is 209 Å². The molecule has 0 aromatic carbocycles. The molecule has 4 heterocycles. The lowest BCUT2D eigenvalue weighted by molar-refractivity contribution is -0.135. The van der Waals surface area contributed by atoms with Crippen molar-refractivity contribution in [3.63, 3.8) is 0 Å². The number of allylic oxidation sites excluding steroid dienone is 2. The molecule has 0 aromatic heterocycles. The van der Waals surface area contributed by atoms with E-state index >= 15 is 0 Å². The first-order chi connectivity index (χ1) is 16.8. The molecule has 0 N–H and O–H groups in total. The minimum Gasteiger partial charge on any atom is -0.299 e. The van der Waals surface area contributed by atoms with Crippen molar-refractivity contribution in [1.82, 2.24) is 9.80 Å². The molecule has 5 aliphatic rings. The topological polar surface area (TPSA) is 23.6 Å². The Hall–Kier alpha value is -0.930. The van der Waals surface area contributed by atoms with Crippen LogP contribution in [-0.4, -0.2) is 54.3 Å². The number of nitrogens with zero attached hydrogens (tertiary/aromatic N) is 2. The molecule has 190 valence electrons. The van der Waals surface area contributed by atoms with Crippen molar-refractivity contribution >= 4 is 5.78 Å². The highest BCUT2D eigenvalue weighted by Gasteiger charge is 2.48. The van der Waals surface area contributed by atoms with E-state index in [0.717, 1.165) is 25.3 Å². The van der Waals surface area contributed by atoms with Crippen LogP contribution < -0.4 is 0 Å². The molecule has 2 saturated heterocycles. The van der Waals surface area contributed by atoms with Gasteiger partial charge in [0.2, 0.25) is 0 Å². The molecular formula is C31H50N2O. The quantitative estimate of drug-likeness (QED) is 0.367. The van der Waals surface area contributed by atoms with Gasteiger partial charge in [-0.2, -0.15) is 0 Å². The van der Waals surface area contributed by atoms with E-state index in [1.54, 1.807) is 5.57 Å². The Morgan fingerprint density at radius 3 is 2.44 bits per heavy atom. The fourth-order valence-electron chi connectivity index (χ4n) is 8.28. The number of hydrogen-bond acceptors (Lipinski definition) is 3. The molecule has 3 heteroatoms. The predicted molar refractivity (Wildman–Crippen MR) is 142 cm³/mol. The summed E-state index contributed by atoms with van der Waals surface area (Å²) in [7, 11) is 0. The second kappa shape index (κ2) is 12.3. The van der Waals surface area contributed by atoms with Gasteiger partial charge in [-0.15, -0.1) is 0 Å². The Morgan fingerprint density at radius 1 is 0.706 bits per heavy atom. The van der Waals surface area contributed by atoms with Crippen LogP contribution in [0.15, 0.2) is 23.8 Å². The summed E-state index contributed by atoms with van der Waals surface area (Å²) in [6.07, 6.45) is 28.2. The van der Waals surface area contributed by atoms with E-state index in [1.165, 1.54) is 116 Å². The molecule has 0 saturated carbocycles. The van der Waals surface area contributed by atoms with Gasteiger partial charge in [0.25, 0.3) is 0 Å². The molecule has 0 aromatic rings. The maximum atomic E-state index is 13.3. The number of carbonyl (C=O) groups excluding carboxylic acids is 1. The Balaban J connectivity index is 1.47. The lowest BCUT2D eigenvalue weighted by atomic mass is 9.64. The van der Waals surface area contributed by atoms with Crippen LogP contribution in [-0.2, 0) is 4.79 Å². The van der Waals surface area contributed by atoms with Crippen LogP contribution in [0.1, 0.15) is 103 Å². The maximum Gasteiger partial charge on any atom is 0.138 e. The molecule has 0 radical (unpaired) electrons. The van der Waals surface area contributed by atoms with Gasteiger partial charge in [-0.25, -0.2) is 0 Å². The summed E-state index contributed by atoms with van der Waals surface area (Å²) in [5.74, 6) is 3.12. The van der Waals surface area contributed by atoms with Crippen LogP contribution in [0.2, 0.25) is 0 Å². The smallest absolute Gasteiger partial charge is 0.138 e. The maximum absolute atomic E-state index is 13.3. The van der Waals surface area contributed by atoms with Gasteiger partial charge >= 0.3 is 0 Å². The summed E-state index contributed by atoms with van der Waals surface area (Å²) >= 11 is 0. The number of carbonyl (C=O) groups is 1. The molecule has 2 unspecified atom stereocenters. The highest BCUT2D eigenvalue weighted by Crippen LogP contribution is 2.45. The first-order valence-corrected chi connectivity index (χ1v) is 15.1. The fourth-order valence-corrected chi connectivity index (χ4v) is 8.28. The van der Waals surface area contributed by atoms with Crippen LogP contribution in [0, 0.1) is 23.7 Å². The summed E-state index contributed by atoms with van der Waals surface area (Å²) in [4.78, 5) is 18.9. The number of piperidine rings is 2. The molecule has 5 rings (SSSR count). The zero-order chi connectivity index (χ0) is 23.2. The van der Waals surface area contributed by atoms with E-state index in [1.807, 2.05) is 0 Å². The number of Topliss-reactive ketones (excluding diaryl/α,β-unsaturated/α-hetero) is 1. The first-order valence-electron chi connectivity index (χ1n) is 15.1. The van der Waals surface area contributed by atoms with E-state index < -0.39 is 0 Å². The second-order valence-electron chi connectivity index (χ2n) is 12.2. The standard InChI is InChI=1S/C31H50N2O/c34-30-18-21-33-20-17-27-26-22-25-14-10-6-5-8-12-16-29(30)31(33)28(27)15-11-7-3-1-2-4-9-13-19-32(23-25)24-26/h2,4,22,26-29,31H,1,3,5-21,23-24H2/b4-2-/t26?,27-,28-,29-,31+/m1/s1. The van der Waals surface area contributed by atoms with Crippen molar-refractivity contribution in [3.8, 4) is 0 Å². The minimum atomic E-state index is 0.317. The third kappa shape index (κ3) is 6.06. The third-order valence-electron chi connectivity index (χ3n) is 9.96. The van der Waals surface area contributed by atoms with Crippen LogP contribution in [0.3, 0.4) is 0 Å². The first kappa shape index (κ1) is 24.8. The molecule has 34 heavy (non-hydrogen) atoms. The van der Waals surface area contributed by atoms with E-state index in [4.69, 9.17) is 0 Å².